The topological polar surface area (TPSA) is 85.8 Å². The fourth-order valence-corrected chi connectivity index (χ4v) is 2.48. The average Bonchev–Trinajstić information content (AvgIpc) is 3.18. The number of nitrogens with zero attached hydrogens (tertiary/aromatic N) is 2. The number of furan rings is 1. The quantitative estimate of drug-likeness (QED) is 0.787. The maximum atomic E-state index is 11.9. The number of aromatic nitrogens is 1. The van der Waals surface area contributed by atoms with Crippen LogP contribution in [0.25, 0.3) is 11.5 Å². The maximum absolute atomic E-state index is 11.9. The molecule has 3 heterocycles. The summed E-state index contributed by atoms with van der Waals surface area (Å²) in [5, 5.41) is 3.83. The molecule has 122 valence electrons. The third kappa shape index (κ3) is 4.00. The van der Waals surface area contributed by atoms with E-state index in [1.165, 1.54) is 6.26 Å². The van der Waals surface area contributed by atoms with Gasteiger partial charge in [0.05, 0.1) is 6.26 Å². The second kappa shape index (κ2) is 7.13. The van der Waals surface area contributed by atoms with E-state index in [0.717, 1.165) is 19.3 Å². The van der Waals surface area contributed by atoms with Crippen LogP contribution in [-0.2, 0) is 20.9 Å². The van der Waals surface area contributed by atoms with E-state index in [1.54, 1.807) is 23.1 Å². The number of carbonyl (C=O) groups excluding carboxylic acids is 2. The molecule has 0 saturated carbocycles. The lowest BCUT2D eigenvalue weighted by Gasteiger charge is -2.18. The molecule has 1 aliphatic rings. The lowest BCUT2D eigenvalue weighted by molar-refractivity contribution is -0.150. The summed E-state index contributed by atoms with van der Waals surface area (Å²) in [5.41, 5.74) is 0.493. The highest BCUT2D eigenvalue weighted by atomic mass is 16.5. The zero-order valence-corrected chi connectivity index (χ0v) is 12.7. The van der Waals surface area contributed by atoms with E-state index in [2.05, 4.69) is 5.16 Å². The summed E-state index contributed by atoms with van der Waals surface area (Å²) in [7, 11) is 0. The fourth-order valence-electron chi connectivity index (χ4n) is 2.48. The Labute approximate surface area is 133 Å². The molecular formula is C16H18N2O5. The van der Waals surface area contributed by atoms with E-state index < -0.39 is 5.97 Å². The summed E-state index contributed by atoms with van der Waals surface area (Å²) in [5.74, 6) is 0.609. The summed E-state index contributed by atoms with van der Waals surface area (Å²) in [6.07, 6.45) is 4.87. The molecule has 7 heteroatoms. The highest BCUT2D eigenvalue weighted by Gasteiger charge is 2.20. The van der Waals surface area contributed by atoms with Gasteiger partial charge in [-0.25, -0.2) is 0 Å². The zero-order valence-electron chi connectivity index (χ0n) is 12.7. The van der Waals surface area contributed by atoms with Gasteiger partial charge in [-0.3, -0.25) is 9.59 Å². The highest BCUT2D eigenvalue weighted by molar-refractivity contribution is 5.82. The van der Waals surface area contributed by atoms with Gasteiger partial charge in [-0.05, 0) is 25.0 Å². The molecule has 0 aliphatic carbocycles. The molecular weight excluding hydrogens is 300 g/mol. The van der Waals surface area contributed by atoms with Gasteiger partial charge in [0.2, 0.25) is 11.7 Å². The van der Waals surface area contributed by atoms with Crippen molar-refractivity contribution in [2.24, 2.45) is 0 Å². The predicted octanol–water partition coefficient (Wildman–Crippen LogP) is 2.38. The van der Waals surface area contributed by atoms with Gasteiger partial charge in [0.25, 0.3) is 0 Å². The van der Waals surface area contributed by atoms with Crippen LogP contribution in [0, 0.1) is 0 Å². The normalized spacial score (nSPS) is 15.5. The van der Waals surface area contributed by atoms with Gasteiger partial charge in [0.1, 0.15) is 18.8 Å². The Balaban J connectivity index is 1.50. The van der Waals surface area contributed by atoms with E-state index in [0.29, 0.717) is 30.2 Å². The molecule has 23 heavy (non-hydrogen) atoms. The summed E-state index contributed by atoms with van der Waals surface area (Å²) in [6, 6.07) is 5.15. The van der Waals surface area contributed by atoms with Crippen molar-refractivity contribution in [3.63, 3.8) is 0 Å². The first-order valence-electron chi connectivity index (χ1n) is 7.65. The van der Waals surface area contributed by atoms with Gasteiger partial charge in [-0.15, -0.1) is 0 Å². The standard InChI is InChI=1S/C16H18N2O5/c19-15-6-2-1-3-7-18(15)10-16(20)22-11-12-9-14(23-17-12)13-5-4-8-21-13/h4-5,8-9H,1-3,6-7,10-11H2. The third-order valence-corrected chi connectivity index (χ3v) is 3.70. The Morgan fingerprint density at radius 3 is 3.04 bits per heavy atom. The second-order valence-corrected chi connectivity index (χ2v) is 5.45. The van der Waals surface area contributed by atoms with Crippen LogP contribution in [0.15, 0.2) is 33.4 Å². The van der Waals surface area contributed by atoms with Gasteiger partial charge < -0.3 is 18.6 Å². The number of rotatable bonds is 5. The van der Waals surface area contributed by atoms with E-state index in [-0.39, 0.29) is 19.1 Å². The molecule has 7 nitrogen and oxygen atoms in total. The van der Waals surface area contributed by atoms with Crippen LogP contribution in [0.4, 0.5) is 0 Å². The van der Waals surface area contributed by atoms with E-state index in [4.69, 9.17) is 13.7 Å². The Bertz CT molecular complexity index is 662. The van der Waals surface area contributed by atoms with Gasteiger partial charge in [0, 0.05) is 19.0 Å². The number of esters is 1. The largest absolute Gasteiger partial charge is 0.461 e. The SMILES string of the molecule is O=C(CN1CCCCCC1=O)OCc1cc(-c2ccco2)on1. The molecule has 0 radical (unpaired) electrons. The van der Waals surface area contributed by atoms with Crippen LogP contribution in [0.5, 0.6) is 0 Å². The van der Waals surface area contributed by atoms with Crippen molar-refractivity contribution in [2.45, 2.75) is 32.3 Å². The fraction of sp³-hybridized carbons (Fsp3) is 0.438. The summed E-state index contributed by atoms with van der Waals surface area (Å²) in [4.78, 5) is 25.3. The van der Waals surface area contributed by atoms with Crippen molar-refractivity contribution in [2.75, 3.05) is 13.1 Å². The molecule has 0 bridgehead atoms. The van der Waals surface area contributed by atoms with Crippen molar-refractivity contribution in [1.29, 1.82) is 0 Å². The van der Waals surface area contributed by atoms with Gasteiger partial charge in [-0.2, -0.15) is 0 Å². The highest BCUT2D eigenvalue weighted by Crippen LogP contribution is 2.20. The van der Waals surface area contributed by atoms with E-state index in [1.807, 2.05) is 0 Å². The van der Waals surface area contributed by atoms with Crippen molar-refractivity contribution < 1.29 is 23.3 Å². The number of hydrogen-bond donors (Lipinski definition) is 0. The Kier molecular flexibility index (Phi) is 4.75. The van der Waals surface area contributed by atoms with Crippen molar-refractivity contribution >= 4 is 11.9 Å². The third-order valence-electron chi connectivity index (χ3n) is 3.70. The van der Waals surface area contributed by atoms with Crippen LogP contribution < -0.4 is 0 Å². The van der Waals surface area contributed by atoms with Crippen LogP contribution >= 0.6 is 0 Å². The molecule has 1 saturated heterocycles. The number of carbonyl (C=O) groups is 2. The molecule has 1 fully saturated rings. The van der Waals surface area contributed by atoms with Crippen LogP contribution in [0.2, 0.25) is 0 Å². The smallest absolute Gasteiger partial charge is 0.326 e. The van der Waals surface area contributed by atoms with Crippen molar-refractivity contribution in [3.05, 3.63) is 30.2 Å². The minimum atomic E-state index is -0.442. The van der Waals surface area contributed by atoms with Crippen LogP contribution in [0.3, 0.4) is 0 Å². The molecule has 0 atom stereocenters. The molecule has 0 aromatic carbocycles. The Morgan fingerprint density at radius 2 is 2.22 bits per heavy atom. The minimum absolute atomic E-state index is 0.00503. The monoisotopic (exact) mass is 318 g/mol. The van der Waals surface area contributed by atoms with Crippen LogP contribution in [0.1, 0.15) is 31.4 Å². The first-order chi connectivity index (χ1) is 11.2. The minimum Gasteiger partial charge on any atom is -0.461 e. The van der Waals surface area contributed by atoms with Gasteiger partial charge in [0.15, 0.2) is 5.76 Å². The lowest BCUT2D eigenvalue weighted by atomic mass is 10.2. The number of amides is 1. The molecule has 0 spiro atoms. The van der Waals surface area contributed by atoms with E-state index in [9.17, 15) is 9.59 Å². The molecule has 1 amide bonds. The van der Waals surface area contributed by atoms with Crippen LogP contribution in [-0.4, -0.2) is 35.0 Å². The van der Waals surface area contributed by atoms with Gasteiger partial charge in [-0.1, -0.05) is 11.6 Å². The molecule has 0 unspecified atom stereocenters. The van der Waals surface area contributed by atoms with Gasteiger partial charge >= 0.3 is 5.97 Å². The Hall–Kier alpha value is -2.57. The molecule has 3 rings (SSSR count). The summed E-state index contributed by atoms with van der Waals surface area (Å²) >= 11 is 0. The lowest BCUT2D eigenvalue weighted by Crippen LogP contribution is -2.35. The van der Waals surface area contributed by atoms with Crippen molar-refractivity contribution in [1.82, 2.24) is 10.1 Å². The number of hydrogen-bond acceptors (Lipinski definition) is 6. The first kappa shape index (κ1) is 15.3. The predicted molar refractivity (Wildman–Crippen MR) is 79.0 cm³/mol. The molecule has 0 N–H and O–H groups in total. The summed E-state index contributed by atoms with van der Waals surface area (Å²) in [6.45, 7) is 0.604. The average molecular weight is 318 g/mol. The first-order valence-corrected chi connectivity index (χ1v) is 7.65. The number of likely N-dealkylation sites (tertiary alicyclic amines) is 1. The molecule has 1 aliphatic heterocycles. The number of ether oxygens (including phenoxy) is 1. The summed E-state index contributed by atoms with van der Waals surface area (Å²) < 4.78 is 15.5. The van der Waals surface area contributed by atoms with E-state index >= 15 is 0 Å². The Morgan fingerprint density at radius 1 is 1.30 bits per heavy atom. The second-order valence-electron chi connectivity index (χ2n) is 5.45. The maximum Gasteiger partial charge on any atom is 0.326 e. The zero-order chi connectivity index (χ0) is 16.1. The van der Waals surface area contributed by atoms with Crippen molar-refractivity contribution in [3.8, 4) is 11.5 Å². The molecule has 2 aromatic rings. The molecule has 2 aromatic heterocycles.